The third-order valence-electron chi connectivity index (χ3n) is 25.0. The third-order valence-corrected chi connectivity index (χ3v) is 30.1. The molecule has 0 saturated carbocycles. The van der Waals surface area contributed by atoms with Crippen LogP contribution in [0, 0.1) is 52.4 Å². The average Bonchev–Trinajstić information content (AvgIpc) is 1.74. The van der Waals surface area contributed by atoms with E-state index in [4.69, 9.17) is 30.0 Å². The van der Waals surface area contributed by atoms with E-state index in [-0.39, 0.29) is 96.3 Å². The highest BCUT2D eigenvalue weighted by atomic mass is 32.2. The number of guanidine groups is 2. The van der Waals surface area contributed by atoms with E-state index >= 15 is 24.0 Å². The lowest BCUT2D eigenvalue weighted by molar-refractivity contribution is -0.144. The Kier molecular flexibility index (Phi) is 37.3. The van der Waals surface area contributed by atoms with Crippen molar-refractivity contribution in [2.45, 2.75) is 230 Å². The number of carbonyl (C=O) groups excluding carboxylic acids is 12. The summed E-state index contributed by atoms with van der Waals surface area (Å²) >= 11 is 2.08. The first-order chi connectivity index (χ1) is 68.3. The molecule has 0 spiro atoms. The highest BCUT2D eigenvalue weighted by Crippen LogP contribution is 2.47. The molecular weight excluding hydrogens is 1920 g/mol. The number of benzene rings is 7. The maximum absolute atomic E-state index is 16.1. The summed E-state index contributed by atoms with van der Waals surface area (Å²) in [5, 5.41) is 50.8. The molecule has 0 bridgehead atoms. The Morgan fingerprint density at radius 2 is 0.868 bits per heavy atom. The highest BCUT2D eigenvalue weighted by Gasteiger charge is 2.44. The number of para-hydroxylation sites is 1. The lowest BCUT2D eigenvalue weighted by Crippen LogP contribution is -2.61. The summed E-state index contributed by atoms with van der Waals surface area (Å²) in [6.07, 6.45) is 4.46. The maximum atomic E-state index is 16.1. The van der Waals surface area contributed by atoms with Gasteiger partial charge in [-0.05, 0) is 169 Å². The fourth-order valence-electron chi connectivity index (χ4n) is 17.8. The van der Waals surface area contributed by atoms with E-state index in [1.54, 1.807) is 109 Å². The summed E-state index contributed by atoms with van der Waals surface area (Å²) in [6.45, 7) is 22.5. The van der Waals surface area contributed by atoms with Crippen LogP contribution in [0.4, 0.5) is 0 Å². The number of nitrogens with zero attached hydrogens (tertiary/aromatic N) is 3. The fourth-order valence-corrected chi connectivity index (χ4v) is 22.6. The van der Waals surface area contributed by atoms with Gasteiger partial charge < -0.3 is 82.6 Å². The molecule has 768 valence electrons. The maximum Gasteiger partial charge on any atom is 0.329 e. The van der Waals surface area contributed by atoms with Gasteiger partial charge in [0.25, 0.3) is 20.0 Å². The zero-order valence-electron chi connectivity index (χ0n) is 83.1. The highest BCUT2D eigenvalue weighted by molar-refractivity contribution is 7.99. The number of nitrogens with one attached hydrogen (secondary N) is 16. The molecule has 2 aliphatic heterocycles. The predicted molar refractivity (Wildman–Crippen MR) is 548 cm³/mol. The van der Waals surface area contributed by atoms with Gasteiger partial charge in [-0.3, -0.25) is 68.1 Å². The number of thioether (sulfide) groups is 2. The lowest BCUT2D eigenvalue weighted by atomic mass is 9.77. The van der Waals surface area contributed by atoms with Crippen LogP contribution in [0.15, 0.2) is 174 Å². The summed E-state index contributed by atoms with van der Waals surface area (Å²) < 4.78 is 82.4. The fraction of sp³-hybridized carbons (Fsp3) is 0.402. The first-order valence-corrected chi connectivity index (χ1v) is 52.3. The van der Waals surface area contributed by atoms with Crippen LogP contribution in [-0.4, -0.2) is 217 Å². The topological polar surface area (TPSA) is 540 Å². The molecule has 7 aromatic carbocycles. The Balaban J connectivity index is 0.907. The second kappa shape index (κ2) is 48.8. The van der Waals surface area contributed by atoms with Crippen molar-refractivity contribution in [3.8, 4) is 11.5 Å². The first kappa shape index (κ1) is 110. The number of imidazole rings is 1. The molecule has 2 aliphatic rings. The van der Waals surface area contributed by atoms with Gasteiger partial charge in [0.05, 0.1) is 46.2 Å². The summed E-state index contributed by atoms with van der Waals surface area (Å²) in [4.78, 5) is 176. The Hall–Kier alpha value is -14.1. The van der Waals surface area contributed by atoms with E-state index in [9.17, 15) is 50.4 Å². The number of fused-ring (bicyclic) bond motifs is 3. The molecule has 0 fully saturated rings. The van der Waals surface area contributed by atoms with Crippen LogP contribution in [0.25, 0.3) is 10.9 Å². The second-order valence-electron chi connectivity index (χ2n) is 36.9. The van der Waals surface area contributed by atoms with E-state index in [1.807, 2.05) is 123 Å². The van der Waals surface area contributed by atoms with Gasteiger partial charge in [0.2, 0.25) is 77.4 Å². The molecule has 16 N–H and O–H groups in total. The second-order valence-corrected chi connectivity index (χ2v) is 42.2. The standard InChI is InChI=1S/C102H127N19O19S4/c1-59-61(3)88(63(5)76-49-100(11,12)139-86(59)76)143(134,135)118-98(103)105-44-30-41-78(111-68(10)125)91(127)116-83(53-141-56-108-66(8)123)96(132)110-65(7)90(126)113-82(48-74-52-121(55-107-74)102(71-34-22-17-23-35-71,72-36-24-18-25-37-72)73-38-26-19-27-39-73)95(131)114-80(46-69-32-20-16-21-33-69)93(129)112-79(42-31-45-106-99(104)119-144(136,137)89-62(4)60(2)87-77(64(89)6)50-101(13,14)140-87)92(128)115-81(47-70-51-120(58-122)85-43-29-28-40-75(70)85)94(130)117-84(97(133)138-15)54-142-57-109-67(9)124/h16-29,32-40,43,51-52,55,58,65,78-84H,30-31,41-42,44-50,53-54,56-57H2,1-15H3,(H,108,123)(H,109,124)(H,110,132)(H,111,125)(H,112,129)(H,113,126)(H,114,131)(H,115,128)(H,116,127)(H,117,130)(H3,103,105,118)(H3,104,106,119)/t65-,78+,79+,80-,81+,82+,83+,84+/m1/s1. The van der Waals surface area contributed by atoms with Gasteiger partial charge in [-0.25, -0.2) is 36.1 Å². The minimum atomic E-state index is -4.48. The number of amides is 10. The average molecular weight is 2050 g/mol. The number of rotatable bonds is 47. The van der Waals surface area contributed by atoms with Gasteiger partial charge in [-0.1, -0.05) is 140 Å². The monoisotopic (exact) mass is 2050 g/mol. The molecule has 0 radical (unpaired) electrons. The molecule has 0 aliphatic carbocycles. The van der Waals surface area contributed by atoms with Crippen molar-refractivity contribution in [2.75, 3.05) is 43.5 Å². The van der Waals surface area contributed by atoms with Crippen molar-refractivity contribution in [1.82, 2.24) is 87.4 Å². The Bertz CT molecular complexity index is 6430. The van der Waals surface area contributed by atoms with E-state index < -0.39 is 163 Å². The molecule has 8 atom stereocenters. The van der Waals surface area contributed by atoms with Crippen molar-refractivity contribution >= 4 is 138 Å². The largest absolute Gasteiger partial charge is 0.487 e. The quantitative estimate of drug-likeness (QED) is 0.00376. The molecule has 38 nitrogen and oxygen atoms in total. The van der Waals surface area contributed by atoms with Crippen molar-refractivity contribution in [1.29, 1.82) is 10.8 Å². The van der Waals surface area contributed by atoms with E-state index in [2.05, 4.69) is 73.2 Å². The Morgan fingerprint density at radius 3 is 1.33 bits per heavy atom. The van der Waals surface area contributed by atoms with Gasteiger partial charge in [0, 0.05) is 106 Å². The number of sulfonamides is 2. The van der Waals surface area contributed by atoms with Crippen LogP contribution in [0.1, 0.15) is 159 Å². The van der Waals surface area contributed by atoms with Crippen LogP contribution in [0.5, 0.6) is 11.5 Å². The molecule has 4 heterocycles. The SMILES string of the molecule is COC(=O)[C@H](CSCNC(C)=O)NC(=O)[C@H](Cc1cn(C=O)c2ccccc12)NC(=O)[C@H](CCCNC(=N)NS(=O)(=O)c1c(C)c(C)c2c(c1C)CC(C)(C)O2)NC(=O)[C@@H](Cc1ccccc1)NC(=O)[C@H](Cc1cn(C(c2ccccc2)(c2ccccc2)c2ccccc2)cn1)NC(=O)[C@@H](C)NC(=O)[C@H](CSCNC(C)=O)NC(=O)[C@H](CCCNC(=N)NS(=O)(=O)c1c(C)c(C)c2c(c1C)CC(C)(C)O2)NC(C)=O. The molecule has 9 aromatic rings. The van der Waals surface area contributed by atoms with Crippen molar-refractivity contribution in [3.63, 3.8) is 0 Å². The molecule has 42 heteroatoms. The smallest absolute Gasteiger partial charge is 0.329 e. The lowest BCUT2D eigenvalue weighted by Gasteiger charge is -2.37. The zero-order valence-corrected chi connectivity index (χ0v) is 86.4. The molecule has 2 aromatic heterocycles. The molecule has 11 rings (SSSR count). The Morgan fingerprint density at radius 1 is 0.472 bits per heavy atom. The van der Waals surface area contributed by atoms with Gasteiger partial charge in [-0.15, -0.1) is 23.5 Å². The zero-order chi connectivity index (χ0) is 105. The van der Waals surface area contributed by atoms with Gasteiger partial charge in [-0.2, -0.15) is 0 Å². The van der Waals surface area contributed by atoms with Crippen molar-refractivity contribution in [3.05, 3.63) is 242 Å². The number of ether oxygens (including phenoxy) is 3. The number of methoxy groups -OCH3 is 1. The molecule has 0 unspecified atom stereocenters. The number of hydrogen-bond donors (Lipinski definition) is 16. The third kappa shape index (κ3) is 27.8. The van der Waals surface area contributed by atoms with Crippen LogP contribution >= 0.6 is 23.5 Å². The first-order valence-electron chi connectivity index (χ1n) is 47.0. The van der Waals surface area contributed by atoms with Gasteiger partial charge in [0.15, 0.2) is 0 Å². The van der Waals surface area contributed by atoms with Crippen molar-refractivity contribution in [2.24, 2.45) is 0 Å². The minimum Gasteiger partial charge on any atom is -0.487 e. The number of aromatic nitrogens is 3. The molecule has 144 heavy (non-hydrogen) atoms. The van der Waals surface area contributed by atoms with Crippen LogP contribution in [0.2, 0.25) is 0 Å². The van der Waals surface area contributed by atoms with Gasteiger partial charge in [0.1, 0.15) is 76.6 Å². The van der Waals surface area contributed by atoms with Crippen LogP contribution < -0.4 is 82.7 Å². The summed E-state index contributed by atoms with van der Waals surface area (Å²) in [5.74, 6) is -9.64. The number of esters is 1. The summed E-state index contributed by atoms with van der Waals surface area (Å²) in [7, 11) is -7.72. The molecular formula is C102H127N19O19S4. The molecule has 10 amide bonds. The van der Waals surface area contributed by atoms with E-state index in [1.165, 1.54) is 38.5 Å². The van der Waals surface area contributed by atoms with E-state index in [0.29, 0.717) is 91.7 Å². The minimum absolute atomic E-state index is 0.00568. The number of carbonyl (C=O) groups is 12. The summed E-state index contributed by atoms with van der Waals surface area (Å²) in [5.41, 5.74) is 5.93. The van der Waals surface area contributed by atoms with Crippen LogP contribution in [-0.2, 0) is 120 Å². The van der Waals surface area contributed by atoms with Crippen LogP contribution in [0.3, 0.4) is 0 Å². The van der Waals surface area contributed by atoms with Crippen molar-refractivity contribution < 1.29 is 88.6 Å². The van der Waals surface area contributed by atoms with E-state index in [0.717, 1.165) is 52.9 Å². The summed E-state index contributed by atoms with van der Waals surface area (Å²) in [6, 6.07) is 31.2. The van der Waals surface area contributed by atoms with Gasteiger partial charge >= 0.3 is 5.97 Å². The normalized spacial score (nSPS) is 14.5. The Labute approximate surface area is 846 Å². The predicted octanol–water partition coefficient (Wildman–Crippen LogP) is 6.33. The number of hydrogen-bond acceptors (Lipinski definition) is 24. The molecule has 0 saturated heterocycles.